The minimum Gasteiger partial charge on any atom is -0.305 e. The van der Waals surface area contributed by atoms with Gasteiger partial charge in [0.15, 0.2) is 20.8 Å². The van der Waals surface area contributed by atoms with E-state index in [0.29, 0.717) is 37.2 Å². The van der Waals surface area contributed by atoms with Gasteiger partial charge in [0.25, 0.3) is 0 Å². The summed E-state index contributed by atoms with van der Waals surface area (Å²) in [4.78, 5) is 2.44. The van der Waals surface area contributed by atoms with E-state index in [-0.39, 0.29) is 14.7 Å². The summed E-state index contributed by atoms with van der Waals surface area (Å²) in [6.07, 6.45) is 1.33. The van der Waals surface area contributed by atoms with Crippen LogP contribution < -0.4 is 0 Å². The first-order valence-electron chi connectivity index (χ1n) is 14.3. The van der Waals surface area contributed by atoms with Crippen LogP contribution in [0.3, 0.4) is 0 Å². The predicted octanol–water partition coefficient (Wildman–Crippen LogP) is 5.83. The fourth-order valence-electron chi connectivity index (χ4n) is 5.55. The maximum atomic E-state index is 14.2. The Morgan fingerprint density at radius 1 is 0.773 bits per heavy atom. The van der Waals surface area contributed by atoms with E-state index < -0.39 is 25.0 Å². The number of hydrogen-bond donors (Lipinski definition) is 0. The van der Waals surface area contributed by atoms with E-state index in [4.69, 9.17) is 0 Å². The average Bonchev–Trinajstić information content (AvgIpc) is 3.43. The molecule has 8 nitrogen and oxygen atoms in total. The molecule has 1 aliphatic rings. The highest BCUT2D eigenvalue weighted by Crippen LogP contribution is 2.39. The number of benzene rings is 4. The molecule has 44 heavy (non-hydrogen) atoms. The van der Waals surface area contributed by atoms with E-state index in [9.17, 15) is 16.8 Å². The normalized spacial score (nSPS) is 15.6. The van der Waals surface area contributed by atoms with Crippen molar-refractivity contribution in [2.24, 2.45) is 7.05 Å². The van der Waals surface area contributed by atoms with Crippen molar-refractivity contribution in [3.63, 3.8) is 0 Å². The second-order valence-electron chi connectivity index (χ2n) is 10.6. The van der Waals surface area contributed by atoms with E-state index in [2.05, 4.69) is 10.2 Å². The Labute approximate surface area is 262 Å². The van der Waals surface area contributed by atoms with Gasteiger partial charge in [0, 0.05) is 31.5 Å². The summed E-state index contributed by atoms with van der Waals surface area (Å²) in [5.41, 5.74) is 2.36. The monoisotopic (exact) mass is 644 g/mol. The highest BCUT2D eigenvalue weighted by Gasteiger charge is 2.39. The molecule has 2 heterocycles. The molecule has 226 valence electrons. The van der Waals surface area contributed by atoms with Crippen LogP contribution in [0.5, 0.6) is 0 Å². The first kappa shape index (κ1) is 30.3. The van der Waals surface area contributed by atoms with Crippen LogP contribution in [0.2, 0.25) is 0 Å². The number of rotatable bonds is 10. The summed E-state index contributed by atoms with van der Waals surface area (Å²) >= 11 is 1.58. The first-order valence-corrected chi connectivity index (χ1v) is 18.3. The van der Waals surface area contributed by atoms with Gasteiger partial charge in [-0.15, -0.1) is 10.2 Å². The molecule has 0 bridgehead atoms. The summed E-state index contributed by atoms with van der Waals surface area (Å²) in [5.74, 6) is 1.50. The zero-order chi connectivity index (χ0) is 30.7. The lowest BCUT2D eigenvalue weighted by Crippen LogP contribution is -2.40. The van der Waals surface area contributed by atoms with Crippen molar-refractivity contribution in [3.05, 3.63) is 120 Å². The first-order chi connectivity index (χ1) is 21.3. The number of sulfone groups is 2. The number of aromatic nitrogens is 3. The molecule has 5 aromatic rings. The van der Waals surface area contributed by atoms with Gasteiger partial charge in [-0.2, -0.15) is 0 Å². The van der Waals surface area contributed by atoms with Gasteiger partial charge >= 0.3 is 0 Å². The van der Waals surface area contributed by atoms with Gasteiger partial charge < -0.3 is 4.57 Å². The average molecular weight is 645 g/mol. The molecular weight excluding hydrogens is 613 g/mol. The third-order valence-electron chi connectivity index (χ3n) is 7.80. The quantitative estimate of drug-likeness (QED) is 0.138. The summed E-state index contributed by atoms with van der Waals surface area (Å²) in [6.45, 7) is 1.06. The van der Waals surface area contributed by atoms with E-state index in [1.54, 1.807) is 90.6 Å². The Kier molecular flexibility index (Phi) is 8.73. The molecule has 1 unspecified atom stereocenters. The summed E-state index contributed by atoms with van der Waals surface area (Å²) in [7, 11) is -5.77. The van der Waals surface area contributed by atoms with Crippen molar-refractivity contribution in [2.45, 2.75) is 38.1 Å². The molecule has 1 aromatic heterocycles. The Balaban J connectivity index is 1.27. The minimum atomic E-state index is -3.88. The van der Waals surface area contributed by atoms with Gasteiger partial charge in [-0.05, 0) is 60.4 Å². The molecule has 0 saturated heterocycles. The van der Waals surface area contributed by atoms with Gasteiger partial charge in [-0.1, -0.05) is 84.6 Å². The third kappa shape index (κ3) is 5.97. The van der Waals surface area contributed by atoms with Crippen molar-refractivity contribution in [1.82, 2.24) is 19.7 Å². The number of hydrogen-bond acceptors (Lipinski definition) is 8. The van der Waals surface area contributed by atoms with E-state index in [1.807, 2.05) is 46.8 Å². The minimum absolute atomic E-state index is 0.0876. The Bertz CT molecular complexity index is 1970. The SMILES string of the molecule is Cn1c(SCCCN2CCc3ccc(S(=O)(=O)c4ccccc4)cc3C2S(=O)(=O)c2ccccc2)nnc1-c1ccccc1. The van der Waals surface area contributed by atoms with Crippen LogP contribution in [0.1, 0.15) is 22.9 Å². The molecule has 0 radical (unpaired) electrons. The van der Waals surface area contributed by atoms with Crippen LogP contribution in [0.4, 0.5) is 0 Å². The topological polar surface area (TPSA) is 102 Å². The summed E-state index contributed by atoms with van der Waals surface area (Å²) in [5, 5.41) is 8.51. The summed E-state index contributed by atoms with van der Waals surface area (Å²) in [6, 6.07) is 31.4. The van der Waals surface area contributed by atoms with E-state index in [0.717, 1.165) is 22.1 Å². The van der Waals surface area contributed by atoms with E-state index in [1.165, 1.54) is 0 Å². The van der Waals surface area contributed by atoms with Crippen molar-refractivity contribution < 1.29 is 16.8 Å². The largest absolute Gasteiger partial charge is 0.305 e. The van der Waals surface area contributed by atoms with Gasteiger partial charge in [-0.3, -0.25) is 4.90 Å². The second-order valence-corrected chi connectivity index (χ2v) is 15.6. The fraction of sp³-hybridized carbons (Fsp3) is 0.212. The maximum absolute atomic E-state index is 14.2. The Hall–Kier alpha value is -3.77. The zero-order valence-electron chi connectivity index (χ0n) is 24.2. The fourth-order valence-corrected chi connectivity index (χ4v) is 9.66. The van der Waals surface area contributed by atoms with Crippen LogP contribution in [0.15, 0.2) is 129 Å². The highest BCUT2D eigenvalue weighted by molar-refractivity contribution is 7.99. The second kappa shape index (κ2) is 12.7. The Morgan fingerprint density at radius 3 is 2.09 bits per heavy atom. The lowest BCUT2D eigenvalue weighted by molar-refractivity contribution is 0.238. The Morgan fingerprint density at radius 2 is 1.41 bits per heavy atom. The molecule has 0 fully saturated rings. The molecule has 0 spiro atoms. The zero-order valence-corrected chi connectivity index (χ0v) is 26.6. The van der Waals surface area contributed by atoms with E-state index >= 15 is 0 Å². The number of nitrogens with zero attached hydrogens (tertiary/aromatic N) is 4. The van der Waals surface area contributed by atoms with Gasteiger partial charge in [0.1, 0.15) is 5.37 Å². The maximum Gasteiger partial charge on any atom is 0.206 e. The van der Waals surface area contributed by atoms with Gasteiger partial charge in [0.05, 0.1) is 14.7 Å². The van der Waals surface area contributed by atoms with Crippen LogP contribution in [0.25, 0.3) is 11.4 Å². The molecule has 11 heteroatoms. The smallest absolute Gasteiger partial charge is 0.206 e. The van der Waals surface area contributed by atoms with Crippen molar-refractivity contribution >= 4 is 31.4 Å². The number of thioether (sulfide) groups is 1. The van der Waals surface area contributed by atoms with Crippen LogP contribution in [-0.2, 0) is 33.1 Å². The van der Waals surface area contributed by atoms with Crippen molar-refractivity contribution in [2.75, 3.05) is 18.8 Å². The van der Waals surface area contributed by atoms with Crippen molar-refractivity contribution in [1.29, 1.82) is 0 Å². The molecule has 1 atom stereocenters. The lowest BCUT2D eigenvalue weighted by atomic mass is 9.99. The molecule has 0 N–H and O–H groups in total. The molecule has 0 aliphatic carbocycles. The molecule has 4 aromatic carbocycles. The van der Waals surface area contributed by atoms with Gasteiger partial charge in [0.2, 0.25) is 9.84 Å². The third-order valence-corrected chi connectivity index (χ3v) is 12.7. The highest BCUT2D eigenvalue weighted by atomic mass is 32.2. The molecule has 1 aliphatic heterocycles. The lowest BCUT2D eigenvalue weighted by Gasteiger charge is -2.37. The standard InChI is InChI=1S/C33H32N4O4S3/c1-36-31(26-12-5-2-6-13-26)34-35-33(36)42-23-11-21-37-22-20-25-18-19-29(43(38,39)27-14-7-3-8-15-27)24-30(25)32(37)44(40,41)28-16-9-4-10-17-28/h2-10,12-19,24,32H,11,20-23H2,1H3. The number of fused-ring (bicyclic) bond motifs is 1. The predicted molar refractivity (Wildman–Crippen MR) is 172 cm³/mol. The van der Waals surface area contributed by atoms with Crippen LogP contribution >= 0.6 is 11.8 Å². The van der Waals surface area contributed by atoms with Crippen LogP contribution in [0, 0.1) is 0 Å². The van der Waals surface area contributed by atoms with Crippen LogP contribution in [-0.4, -0.2) is 55.3 Å². The summed E-state index contributed by atoms with van der Waals surface area (Å²) < 4.78 is 57.4. The van der Waals surface area contributed by atoms with Crippen molar-refractivity contribution in [3.8, 4) is 11.4 Å². The molecular formula is C33H32N4O4S3. The molecule has 6 rings (SSSR count). The van der Waals surface area contributed by atoms with Gasteiger partial charge in [-0.25, -0.2) is 16.8 Å². The molecule has 0 amide bonds. The molecule has 0 saturated carbocycles.